The van der Waals surface area contributed by atoms with Gasteiger partial charge in [0.1, 0.15) is 5.60 Å². The summed E-state index contributed by atoms with van der Waals surface area (Å²) in [5, 5.41) is 20.8. The lowest BCUT2D eigenvalue weighted by atomic mass is 9.95. The van der Waals surface area contributed by atoms with Gasteiger partial charge in [-0.3, -0.25) is 9.69 Å². The van der Waals surface area contributed by atoms with Gasteiger partial charge in [0.2, 0.25) is 5.91 Å². The minimum absolute atomic E-state index is 0.194. The van der Waals surface area contributed by atoms with E-state index in [0.717, 1.165) is 18.4 Å². The number of amides is 1. The quantitative estimate of drug-likeness (QED) is 0.670. The number of ether oxygens (including phenoxy) is 1. The van der Waals surface area contributed by atoms with Crippen molar-refractivity contribution in [1.82, 2.24) is 4.90 Å². The zero-order valence-electron chi connectivity index (χ0n) is 13.1. The average Bonchev–Trinajstić information content (AvgIpc) is 3.28. The fourth-order valence-electron chi connectivity index (χ4n) is 3.02. The summed E-state index contributed by atoms with van der Waals surface area (Å²) in [6.07, 6.45) is 1.87. The van der Waals surface area contributed by atoms with Crippen LogP contribution < -0.4 is 5.73 Å². The molecule has 1 aromatic carbocycles. The van der Waals surface area contributed by atoms with E-state index in [-0.39, 0.29) is 6.61 Å². The SMILES string of the molecule is NC(=O)c1ccc(CN(CC(O)C2(O)CCOC2)C2CC2)cc1. The Morgan fingerprint density at radius 3 is 2.61 bits per heavy atom. The van der Waals surface area contributed by atoms with Gasteiger partial charge in [-0.2, -0.15) is 0 Å². The van der Waals surface area contributed by atoms with Crippen molar-refractivity contribution in [2.75, 3.05) is 19.8 Å². The van der Waals surface area contributed by atoms with Gasteiger partial charge in [-0.15, -0.1) is 0 Å². The first-order chi connectivity index (χ1) is 11.0. The number of nitrogens with two attached hydrogens (primary N) is 1. The number of hydrogen-bond donors (Lipinski definition) is 3. The van der Waals surface area contributed by atoms with E-state index in [4.69, 9.17) is 10.5 Å². The summed E-state index contributed by atoms with van der Waals surface area (Å²) < 4.78 is 5.22. The second kappa shape index (κ2) is 6.57. The minimum Gasteiger partial charge on any atom is -0.389 e. The Bertz CT molecular complexity index is 550. The summed E-state index contributed by atoms with van der Waals surface area (Å²) in [6.45, 7) is 1.78. The van der Waals surface area contributed by atoms with Crippen molar-refractivity contribution < 1.29 is 19.7 Å². The average molecular weight is 320 g/mol. The first-order valence-corrected chi connectivity index (χ1v) is 8.09. The van der Waals surface area contributed by atoms with E-state index in [2.05, 4.69) is 4.90 Å². The van der Waals surface area contributed by atoms with E-state index in [1.807, 2.05) is 12.1 Å². The molecule has 4 N–H and O–H groups in total. The molecule has 1 amide bonds. The molecule has 126 valence electrons. The molecule has 3 rings (SSSR count). The third-order valence-corrected chi connectivity index (χ3v) is 4.75. The summed E-state index contributed by atoms with van der Waals surface area (Å²) in [4.78, 5) is 13.3. The zero-order chi connectivity index (χ0) is 16.4. The molecule has 6 heteroatoms. The Labute approximate surface area is 135 Å². The fraction of sp³-hybridized carbons (Fsp3) is 0.588. The van der Waals surface area contributed by atoms with Gasteiger partial charge in [-0.1, -0.05) is 12.1 Å². The molecule has 1 saturated heterocycles. The van der Waals surface area contributed by atoms with Gasteiger partial charge in [0, 0.05) is 37.7 Å². The van der Waals surface area contributed by atoms with Crippen LogP contribution in [0, 0.1) is 0 Å². The van der Waals surface area contributed by atoms with Crippen LogP contribution >= 0.6 is 0 Å². The Kier molecular flexibility index (Phi) is 4.68. The Balaban J connectivity index is 1.64. The van der Waals surface area contributed by atoms with Crippen LogP contribution in [0.15, 0.2) is 24.3 Å². The smallest absolute Gasteiger partial charge is 0.248 e. The summed E-state index contributed by atoms with van der Waals surface area (Å²) in [6, 6.07) is 7.66. The lowest BCUT2D eigenvalue weighted by Gasteiger charge is -2.32. The van der Waals surface area contributed by atoms with Crippen LogP contribution in [0.25, 0.3) is 0 Å². The van der Waals surface area contributed by atoms with Crippen LogP contribution in [0.2, 0.25) is 0 Å². The van der Waals surface area contributed by atoms with Crippen LogP contribution in [0.3, 0.4) is 0 Å². The van der Waals surface area contributed by atoms with Gasteiger partial charge in [0.25, 0.3) is 0 Å². The number of nitrogens with zero attached hydrogens (tertiary/aromatic N) is 1. The molecule has 1 aliphatic carbocycles. The Morgan fingerprint density at radius 2 is 2.09 bits per heavy atom. The number of aliphatic hydroxyl groups excluding tert-OH is 1. The highest BCUT2D eigenvalue weighted by atomic mass is 16.5. The maximum atomic E-state index is 11.1. The van der Waals surface area contributed by atoms with Crippen molar-refractivity contribution in [2.24, 2.45) is 5.73 Å². The summed E-state index contributed by atoms with van der Waals surface area (Å²) in [5.41, 5.74) is 5.66. The molecule has 6 nitrogen and oxygen atoms in total. The lowest BCUT2D eigenvalue weighted by molar-refractivity contribution is -0.0887. The molecule has 0 aromatic heterocycles. The monoisotopic (exact) mass is 320 g/mol. The number of aliphatic hydroxyl groups is 2. The molecule has 0 bridgehead atoms. The molecule has 0 radical (unpaired) electrons. The van der Waals surface area contributed by atoms with Gasteiger partial charge in [-0.25, -0.2) is 0 Å². The number of rotatable bonds is 7. The van der Waals surface area contributed by atoms with Gasteiger partial charge >= 0.3 is 0 Å². The molecule has 2 fully saturated rings. The third kappa shape index (κ3) is 3.90. The summed E-state index contributed by atoms with van der Waals surface area (Å²) in [7, 11) is 0. The first kappa shape index (κ1) is 16.4. The number of hydrogen-bond acceptors (Lipinski definition) is 5. The van der Waals surface area contributed by atoms with E-state index in [1.54, 1.807) is 12.1 Å². The van der Waals surface area contributed by atoms with Crippen LogP contribution in [-0.2, 0) is 11.3 Å². The predicted octanol–water partition coefficient (Wildman–Crippen LogP) is 0.262. The molecule has 2 aliphatic rings. The molecule has 1 aromatic rings. The van der Waals surface area contributed by atoms with E-state index >= 15 is 0 Å². The molecular weight excluding hydrogens is 296 g/mol. The van der Waals surface area contributed by atoms with Crippen LogP contribution in [-0.4, -0.2) is 58.5 Å². The molecular formula is C17H24N2O4. The molecule has 23 heavy (non-hydrogen) atoms. The zero-order valence-corrected chi connectivity index (χ0v) is 13.1. The van der Waals surface area contributed by atoms with Crippen molar-refractivity contribution in [2.45, 2.75) is 43.6 Å². The maximum Gasteiger partial charge on any atom is 0.248 e. The van der Waals surface area contributed by atoms with Crippen LogP contribution in [0.5, 0.6) is 0 Å². The number of carbonyl (C=O) groups is 1. The third-order valence-electron chi connectivity index (χ3n) is 4.75. The Hall–Kier alpha value is -1.47. The van der Waals surface area contributed by atoms with Crippen molar-refractivity contribution in [3.05, 3.63) is 35.4 Å². The number of carbonyl (C=O) groups excluding carboxylic acids is 1. The maximum absolute atomic E-state index is 11.1. The second-order valence-corrected chi connectivity index (χ2v) is 6.64. The van der Waals surface area contributed by atoms with Crippen molar-refractivity contribution >= 4 is 5.91 Å². The number of primary amides is 1. The number of benzene rings is 1. The van der Waals surface area contributed by atoms with Gasteiger partial charge in [0.05, 0.1) is 12.7 Å². The van der Waals surface area contributed by atoms with E-state index in [0.29, 0.717) is 37.7 Å². The van der Waals surface area contributed by atoms with Crippen molar-refractivity contribution in [1.29, 1.82) is 0 Å². The van der Waals surface area contributed by atoms with E-state index in [1.165, 1.54) is 0 Å². The van der Waals surface area contributed by atoms with Crippen molar-refractivity contribution in [3.63, 3.8) is 0 Å². The molecule has 1 saturated carbocycles. The topological polar surface area (TPSA) is 96.0 Å². The molecule has 2 unspecified atom stereocenters. The summed E-state index contributed by atoms with van der Waals surface area (Å²) >= 11 is 0. The second-order valence-electron chi connectivity index (χ2n) is 6.64. The highest BCUT2D eigenvalue weighted by molar-refractivity contribution is 5.92. The first-order valence-electron chi connectivity index (χ1n) is 8.09. The molecule has 1 heterocycles. The standard InChI is InChI=1S/C17H24N2O4/c18-16(21)13-3-1-12(2-4-13)9-19(14-5-6-14)10-15(20)17(22)7-8-23-11-17/h1-4,14-15,20,22H,5-11H2,(H2,18,21). The highest BCUT2D eigenvalue weighted by Crippen LogP contribution is 2.31. The molecule has 2 atom stereocenters. The van der Waals surface area contributed by atoms with Gasteiger partial charge < -0.3 is 20.7 Å². The van der Waals surface area contributed by atoms with E-state index in [9.17, 15) is 15.0 Å². The van der Waals surface area contributed by atoms with Gasteiger partial charge in [-0.05, 0) is 30.5 Å². The lowest BCUT2D eigenvalue weighted by Crippen LogP contribution is -2.49. The van der Waals surface area contributed by atoms with Gasteiger partial charge in [0.15, 0.2) is 0 Å². The van der Waals surface area contributed by atoms with Crippen molar-refractivity contribution in [3.8, 4) is 0 Å². The predicted molar refractivity (Wildman–Crippen MR) is 84.8 cm³/mol. The molecule has 0 spiro atoms. The molecule has 1 aliphatic heterocycles. The van der Waals surface area contributed by atoms with Crippen LogP contribution in [0.1, 0.15) is 35.2 Å². The summed E-state index contributed by atoms with van der Waals surface area (Å²) in [5.74, 6) is -0.436. The van der Waals surface area contributed by atoms with Crippen LogP contribution in [0.4, 0.5) is 0 Å². The Morgan fingerprint density at radius 1 is 1.39 bits per heavy atom. The van der Waals surface area contributed by atoms with E-state index < -0.39 is 17.6 Å². The largest absolute Gasteiger partial charge is 0.389 e. The highest BCUT2D eigenvalue weighted by Gasteiger charge is 2.42. The fourth-order valence-corrected chi connectivity index (χ4v) is 3.02. The normalized spacial score (nSPS) is 25.7. The minimum atomic E-state index is -1.14.